The number of nitrogens with zero attached hydrogens (tertiary/aromatic N) is 3. The zero-order valence-corrected chi connectivity index (χ0v) is 18.2. The zero-order chi connectivity index (χ0) is 21.1. The number of hydrogen-bond donors (Lipinski definition) is 2. The van der Waals surface area contributed by atoms with Gasteiger partial charge in [-0.1, -0.05) is 15.9 Å². The zero-order valence-electron chi connectivity index (χ0n) is 15.8. The predicted molar refractivity (Wildman–Crippen MR) is 123 cm³/mol. The van der Waals surface area contributed by atoms with Crippen LogP contribution in [0.4, 0.5) is 5.69 Å². The molecule has 30 heavy (non-hydrogen) atoms. The van der Waals surface area contributed by atoms with Gasteiger partial charge in [0, 0.05) is 15.7 Å². The number of methoxy groups -OCH3 is 1. The van der Waals surface area contributed by atoms with Gasteiger partial charge in [0.2, 0.25) is 0 Å². The minimum absolute atomic E-state index is 0.199. The van der Waals surface area contributed by atoms with Gasteiger partial charge in [-0.05, 0) is 78.9 Å². The highest BCUT2D eigenvalue weighted by molar-refractivity contribution is 9.10. The van der Waals surface area contributed by atoms with Gasteiger partial charge in [-0.2, -0.15) is 4.80 Å². The molecule has 9 heteroatoms. The second kappa shape index (κ2) is 8.60. The largest absolute Gasteiger partial charge is 0.497 e. The molecule has 4 rings (SSSR count). The number of ether oxygens (including phenoxy) is 1. The van der Waals surface area contributed by atoms with Crippen LogP contribution in [0.5, 0.6) is 5.75 Å². The summed E-state index contributed by atoms with van der Waals surface area (Å²) in [6.07, 6.45) is 0. The van der Waals surface area contributed by atoms with E-state index in [1.165, 1.54) is 0 Å². The highest BCUT2D eigenvalue weighted by Crippen LogP contribution is 2.19. The second-order valence-corrected chi connectivity index (χ2v) is 7.63. The number of carbonyl (C=O) groups is 1. The number of carbonyl (C=O) groups excluding carboxylic acids is 1. The molecule has 0 spiro atoms. The van der Waals surface area contributed by atoms with Gasteiger partial charge >= 0.3 is 0 Å². The van der Waals surface area contributed by atoms with Crippen molar-refractivity contribution in [3.05, 3.63) is 76.8 Å². The number of amides is 1. The third kappa shape index (κ3) is 4.47. The summed E-state index contributed by atoms with van der Waals surface area (Å²) in [6.45, 7) is 0. The van der Waals surface area contributed by atoms with Crippen LogP contribution >= 0.6 is 28.1 Å². The number of nitrogens with one attached hydrogen (secondary N) is 2. The Balaban J connectivity index is 1.47. The molecule has 0 atom stereocenters. The fourth-order valence-electron chi connectivity index (χ4n) is 2.76. The summed E-state index contributed by atoms with van der Waals surface area (Å²) in [4.78, 5) is 13.8. The molecule has 4 aromatic rings. The Kier molecular flexibility index (Phi) is 5.73. The molecule has 1 heterocycles. The van der Waals surface area contributed by atoms with Crippen molar-refractivity contribution in [1.82, 2.24) is 20.3 Å². The summed E-state index contributed by atoms with van der Waals surface area (Å²) in [5.74, 6) is 0.479. The van der Waals surface area contributed by atoms with Crippen molar-refractivity contribution in [2.24, 2.45) is 0 Å². The average Bonchev–Trinajstić information content (AvgIpc) is 3.17. The normalized spacial score (nSPS) is 10.6. The first-order valence-corrected chi connectivity index (χ1v) is 10.1. The van der Waals surface area contributed by atoms with E-state index in [0.717, 1.165) is 21.4 Å². The molecule has 0 saturated carbocycles. The van der Waals surface area contributed by atoms with Crippen LogP contribution in [0, 0.1) is 0 Å². The van der Waals surface area contributed by atoms with E-state index in [1.54, 1.807) is 36.2 Å². The van der Waals surface area contributed by atoms with Crippen LogP contribution < -0.4 is 15.4 Å². The lowest BCUT2D eigenvalue weighted by atomic mass is 10.2. The SMILES string of the molecule is COc1ccc(-n2nc3ccc(NC(=S)NC(=O)c4ccc(Br)cc4)cc3n2)cc1. The maximum Gasteiger partial charge on any atom is 0.257 e. The van der Waals surface area contributed by atoms with Gasteiger partial charge in [0.15, 0.2) is 5.11 Å². The maximum atomic E-state index is 12.3. The lowest BCUT2D eigenvalue weighted by Crippen LogP contribution is -2.34. The van der Waals surface area contributed by atoms with E-state index in [2.05, 4.69) is 36.8 Å². The number of anilines is 1. The van der Waals surface area contributed by atoms with Gasteiger partial charge in [0.05, 0.1) is 12.8 Å². The fourth-order valence-corrected chi connectivity index (χ4v) is 3.24. The molecule has 150 valence electrons. The molecule has 7 nitrogen and oxygen atoms in total. The Bertz CT molecular complexity index is 1220. The molecule has 0 aliphatic carbocycles. The van der Waals surface area contributed by atoms with E-state index in [9.17, 15) is 4.79 Å². The summed E-state index contributed by atoms with van der Waals surface area (Å²) in [5, 5.41) is 14.9. The number of rotatable bonds is 4. The standard InChI is InChI=1S/C21H16BrN5O2S/c1-29-17-9-7-16(8-10-17)27-25-18-11-6-15(12-19(18)26-27)23-21(30)24-20(28)13-2-4-14(22)5-3-13/h2-12H,1H3,(H2,23,24,28,30). The van der Waals surface area contributed by atoms with E-state index in [1.807, 2.05) is 42.5 Å². The number of hydrogen-bond acceptors (Lipinski definition) is 5. The highest BCUT2D eigenvalue weighted by atomic mass is 79.9. The molecular weight excluding hydrogens is 466 g/mol. The first kappa shape index (κ1) is 20.0. The van der Waals surface area contributed by atoms with Gasteiger partial charge < -0.3 is 10.1 Å². The molecular formula is C21H16BrN5O2S. The predicted octanol–water partition coefficient (Wildman–Crippen LogP) is 4.32. The Morgan fingerprint density at radius 3 is 2.40 bits per heavy atom. The highest BCUT2D eigenvalue weighted by Gasteiger charge is 2.10. The van der Waals surface area contributed by atoms with Crippen molar-refractivity contribution in [2.75, 3.05) is 12.4 Å². The Hall–Kier alpha value is -3.30. The summed E-state index contributed by atoms with van der Waals surface area (Å²) in [5.41, 5.74) is 3.46. The van der Waals surface area contributed by atoms with Crippen molar-refractivity contribution in [3.63, 3.8) is 0 Å². The third-order valence-corrected chi connectivity index (χ3v) is 5.01. The van der Waals surface area contributed by atoms with Crippen LogP contribution in [0.25, 0.3) is 16.7 Å². The quantitative estimate of drug-likeness (QED) is 0.422. The smallest absolute Gasteiger partial charge is 0.257 e. The molecule has 2 N–H and O–H groups in total. The number of thiocarbonyl (C=S) groups is 1. The summed E-state index contributed by atoms with van der Waals surface area (Å²) in [7, 11) is 1.62. The van der Waals surface area contributed by atoms with Crippen molar-refractivity contribution in [1.29, 1.82) is 0 Å². The summed E-state index contributed by atoms with van der Waals surface area (Å²) in [6, 6.07) is 20.0. The van der Waals surface area contributed by atoms with Gasteiger partial charge in [-0.15, -0.1) is 10.2 Å². The fraction of sp³-hybridized carbons (Fsp3) is 0.0476. The minimum Gasteiger partial charge on any atom is -0.497 e. The van der Waals surface area contributed by atoms with Crippen molar-refractivity contribution < 1.29 is 9.53 Å². The molecule has 1 aromatic heterocycles. The van der Waals surface area contributed by atoms with Gasteiger partial charge in [0.1, 0.15) is 16.8 Å². The summed E-state index contributed by atoms with van der Waals surface area (Å²) >= 11 is 8.60. The van der Waals surface area contributed by atoms with E-state index in [-0.39, 0.29) is 11.0 Å². The van der Waals surface area contributed by atoms with Gasteiger partial charge in [-0.3, -0.25) is 10.1 Å². The summed E-state index contributed by atoms with van der Waals surface area (Å²) < 4.78 is 6.07. The first-order chi connectivity index (χ1) is 14.5. The van der Waals surface area contributed by atoms with Gasteiger partial charge in [0.25, 0.3) is 5.91 Å². The lowest BCUT2D eigenvalue weighted by Gasteiger charge is -2.09. The number of halogens is 1. The molecule has 0 radical (unpaired) electrons. The van der Waals surface area contributed by atoms with E-state index in [4.69, 9.17) is 17.0 Å². The van der Waals surface area contributed by atoms with Crippen molar-refractivity contribution in [3.8, 4) is 11.4 Å². The number of aromatic nitrogens is 3. The molecule has 3 aromatic carbocycles. The van der Waals surface area contributed by atoms with Gasteiger partial charge in [-0.25, -0.2) is 0 Å². The molecule has 0 aliphatic rings. The van der Waals surface area contributed by atoms with Crippen LogP contribution in [-0.2, 0) is 0 Å². The number of benzene rings is 3. The Morgan fingerprint density at radius 2 is 1.70 bits per heavy atom. The van der Waals surface area contributed by atoms with Crippen LogP contribution in [0.2, 0.25) is 0 Å². The van der Waals surface area contributed by atoms with Crippen molar-refractivity contribution >= 4 is 55.9 Å². The average molecular weight is 482 g/mol. The molecule has 0 saturated heterocycles. The minimum atomic E-state index is -0.286. The van der Waals surface area contributed by atoms with Crippen LogP contribution in [-0.4, -0.2) is 33.1 Å². The van der Waals surface area contributed by atoms with E-state index in [0.29, 0.717) is 16.8 Å². The van der Waals surface area contributed by atoms with Crippen LogP contribution in [0.1, 0.15) is 10.4 Å². The molecule has 0 unspecified atom stereocenters. The Morgan fingerprint density at radius 1 is 1.00 bits per heavy atom. The maximum absolute atomic E-state index is 12.3. The van der Waals surface area contributed by atoms with Crippen LogP contribution in [0.15, 0.2) is 71.2 Å². The monoisotopic (exact) mass is 481 g/mol. The van der Waals surface area contributed by atoms with E-state index >= 15 is 0 Å². The molecule has 0 aliphatic heterocycles. The molecule has 0 bridgehead atoms. The van der Waals surface area contributed by atoms with Crippen LogP contribution in [0.3, 0.4) is 0 Å². The third-order valence-electron chi connectivity index (χ3n) is 4.28. The van der Waals surface area contributed by atoms with Crippen molar-refractivity contribution in [2.45, 2.75) is 0 Å². The van der Waals surface area contributed by atoms with E-state index < -0.39 is 0 Å². The topological polar surface area (TPSA) is 81.1 Å². The lowest BCUT2D eigenvalue weighted by molar-refractivity contribution is 0.0977. The second-order valence-electron chi connectivity index (χ2n) is 6.31. The molecule has 1 amide bonds. The Labute approximate surface area is 186 Å². The number of fused-ring (bicyclic) bond motifs is 1. The molecule has 0 fully saturated rings. The first-order valence-electron chi connectivity index (χ1n) is 8.91.